The summed E-state index contributed by atoms with van der Waals surface area (Å²) in [6.07, 6.45) is 1.69. The summed E-state index contributed by atoms with van der Waals surface area (Å²) in [4.78, 5) is 0. The number of hydrogen-bond donors (Lipinski definition) is 2. The second-order valence-corrected chi connectivity index (χ2v) is 5.54. The quantitative estimate of drug-likeness (QED) is 0.504. The Morgan fingerprint density at radius 1 is 1.14 bits per heavy atom. The molecule has 0 aliphatic heterocycles. The fraction of sp³-hybridized carbons (Fsp3) is 0.125. The van der Waals surface area contributed by atoms with Gasteiger partial charge in [0.15, 0.2) is 5.11 Å². The highest BCUT2D eigenvalue weighted by atomic mass is 35.5. The third-order valence-electron chi connectivity index (χ3n) is 2.88. The molecule has 0 aliphatic rings. The number of halogens is 1. The fourth-order valence-electron chi connectivity index (χ4n) is 1.82. The van der Waals surface area contributed by atoms with E-state index in [1.165, 1.54) is 5.56 Å². The molecular weight excluding hydrogens is 302 g/mol. The van der Waals surface area contributed by atoms with Crippen LogP contribution in [-0.2, 0) is 0 Å². The molecule has 0 bridgehead atoms. The molecule has 0 unspecified atom stereocenters. The van der Waals surface area contributed by atoms with Crippen LogP contribution in [0.5, 0.6) is 0 Å². The van der Waals surface area contributed by atoms with Gasteiger partial charge in [0.1, 0.15) is 0 Å². The fourth-order valence-corrected chi connectivity index (χ4v) is 2.11. The van der Waals surface area contributed by atoms with Gasteiger partial charge in [-0.3, -0.25) is 5.43 Å². The van der Waals surface area contributed by atoms with Crippen LogP contribution in [-0.4, -0.2) is 11.3 Å². The molecule has 21 heavy (non-hydrogen) atoms. The SMILES string of the molecule is Cc1ccc(NC(=S)N/N=C/c2ccc(Cl)cc2)c(C)c1. The van der Waals surface area contributed by atoms with Gasteiger partial charge in [0, 0.05) is 10.7 Å². The third-order valence-corrected chi connectivity index (χ3v) is 3.33. The largest absolute Gasteiger partial charge is 0.331 e. The Balaban J connectivity index is 1.91. The van der Waals surface area contributed by atoms with Gasteiger partial charge in [-0.25, -0.2) is 0 Å². The second-order valence-electron chi connectivity index (χ2n) is 4.69. The first-order chi connectivity index (χ1) is 10.0. The molecule has 0 fully saturated rings. The van der Waals surface area contributed by atoms with E-state index < -0.39 is 0 Å². The first-order valence-electron chi connectivity index (χ1n) is 6.47. The Hall–Kier alpha value is -1.91. The van der Waals surface area contributed by atoms with Gasteiger partial charge in [-0.05, 0) is 55.4 Å². The van der Waals surface area contributed by atoms with Crippen molar-refractivity contribution < 1.29 is 0 Å². The summed E-state index contributed by atoms with van der Waals surface area (Å²) in [7, 11) is 0. The molecule has 0 saturated heterocycles. The summed E-state index contributed by atoms with van der Waals surface area (Å²) in [5.74, 6) is 0. The first-order valence-corrected chi connectivity index (χ1v) is 7.26. The van der Waals surface area contributed by atoms with Crippen molar-refractivity contribution in [2.24, 2.45) is 5.10 Å². The van der Waals surface area contributed by atoms with Gasteiger partial charge >= 0.3 is 0 Å². The van der Waals surface area contributed by atoms with Crippen LogP contribution < -0.4 is 10.7 Å². The number of anilines is 1. The van der Waals surface area contributed by atoms with Gasteiger partial charge in [0.2, 0.25) is 0 Å². The van der Waals surface area contributed by atoms with Gasteiger partial charge in [-0.2, -0.15) is 5.10 Å². The standard InChI is InChI=1S/C16H16ClN3S/c1-11-3-8-15(12(2)9-11)19-16(21)20-18-10-13-4-6-14(17)7-5-13/h3-10H,1-2H3,(H2,19,20,21)/b18-10+. The van der Waals surface area contributed by atoms with Crippen molar-refractivity contribution in [3.63, 3.8) is 0 Å². The number of aryl methyl sites for hydroxylation is 2. The highest BCUT2D eigenvalue weighted by Crippen LogP contribution is 2.15. The Morgan fingerprint density at radius 3 is 2.52 bits per heavy atom. The number of hydrazone groups is 1. The molecule has 0 spiro atoms. The number of thiocarbonyl (C=S) groups is 1. The molecule has 2 aromatic carbocycles. The molecular formula is C16H16ClN3S. The Kier molecular flexibility index (Phi) is 5.31. The van der Waals surface area contributed by atoms with Crippen LogP contribution in [0.1, 0.15) is 16.7 Å². The minimum atomic E-state index is 0.451. The average molecular weight is 318 g/mol. The summed E-state index contributed by atoms with van der Waals surface area (Å²) in [5, 5.41) is 8.36. The van der Waals surface area contributed by atoms with Crippen LogP contribution in [0.2, 0.25) is 5.02 Å². The Bertz CT molecular complexity index is 666. The van der Waals surface area contributed by atoms with Crippen molar-refractivity contribution in [3.05, 3.63) is 64.2 Å². The second kappa shape index (κ2) is 7.20. The molecule has 0 radical (unpaired) electrons. The minimum absolute atomic E-state index is 0.451. The van der Waals surface area contributed by atoms with E-state index in [2.05, 4.69) is 28.8 Å². The van der Waals surface area contributed by atoms with E-state index in [-0.39, 0.29) is 0 Å². The van der Waals surface area contributed by atoms with Crippen LogP contribution in [0.4, 0.5) is 5.69 Å². The first kappa shape index (κ1) is 15.5. The van der Waals surface area contributed by atoms with Crippen molar-refractivity contribution in [1.29, 1.82) is 0 Å². The molecule has 0 aromatic heterocycles. The summed E-state index contributed by atoms with van der Waals surface area (Å²) in [6, 6.07) is 13.5. The maximum absolute atomic E-state index is 5.82. The summed E-state index contributed by atoms with van der Waals surface area (Å²) in [5.41, 5.74) is 7.07. The van der Waals surface area contributed by atoms with Crippen LogP contribution in [0.15, 0.2) is 47.6 Å². The number of hydrogen-bond acceptors (Lipinski definition) is 2. The highest BCUT2D eigenvalue weighted by Gasteiger charge is 2.00. The Labute approximate surface area is 135 Å². The number of nitrogens with zero attached hydrogens (tertiary/aromatic N) is 1. The van der Waals surface area contributed by atoms with Gasteiger partial charge in [-0.1, -0.05) is 41.4 Å². The monoisotopic (exact) mass is 317 g/mol. The number of rotatable bonds is 3. The predicted molar refractivity (Wildman–Crippen MR) is 94.3 cm³/mol. The normalized spacial score (nSPS) is 10.6. The highest BCUT2D eigenvalue weighted by molar-refractivity contribution is 7.80. The molecule has 0 heterocycles. The Morgan fingerprint density at radius 2 is 1.86 bits per heavy atom. The van der Waals surface area contributed by atoms with Gasteiger partial charge in [-0.15, -0.1) is 0 Å². The zero-order valence-corrected chi connectivity index (χ0v) is 13.4. The molecule has 0 saturated carbocycles. The molecule has 2 rings (SSSR count). The molecule has 5 heteroatoms. The van der Waals surface area contributed by atoms with Crippen molar-refractivity contribution >= 4 is 40.8 Å². The molecule has 108 valence electrons. The molecule has 2 N–H and O–H groups in total. The maximum atomic E-state index is 5.82. The lowest BCUT2D eigenvalue weighted by Crippen LogP contribution is -2.24. The van der Waals surface area contributed by atoms with Crippen LogP contribution >= 0.6 is 23.8 Å². The lowest BCUT2D eigenvalue weighted by atomic mass is 10.1. The van der Waals surface area contributed by atoms with E-state index in [0.717, 1.165) is 16.8 Å². The van der Waals surface area contributed by atoms with Crippen molar-refractivity contribution in [2.45, 2.75) is 13.8 Å². The van der Waals surface area contributed by atoms with Gasteiger partial charge < -0.3 is 5.32 Å². The minimum Gasteiger partial charge on any atom is -0.331 e. The van der Waals surface area contributed by atoms with Gasteiger partial charge in [0.05, 0.1) is 6.21 Å². The van der Waals surface area contributed by atoms with Crippen molar-refractivity contribution in [1.82, 2.24) is 5.43 Å². The van der Waals surface area contributed by atoms with Crippen molar-refractivity contribution in [3.8, 4) is 0 Å². The lowest BCUT2D eigenvalue weighted by molar-refractivity contribution is 1.05. The average Bonchev–Trinajstić information content (AvgIpc) is 2.44. The van der Waals surface area contributed by atoms with E-state index in [9.17, 15) is 0 Å². The van der Waals surface area contributed by atoms with Gasteiger partial charge in [0.25, 0.3) is 0 Å². The zero-order chi connectivity index (χ0) is 15.2. The zero-order valence-electron chi connectivity index (χ0n) is 11.9. The molecule has 0 atom stereocenters. The lowest BCUT2D eigenvalue weighted by Gasteiger charge is -2.10. The smallest absolute Gasteiger partial charge is 0.191 e. The topological polar surface area (TPSA) is 36.4 Å². The maximum Gasteiger partial charge on any atom is 0.191 e. The molecule has 0 amide bonds. The summed E-state index contributed by atoms with van der Waals surface area (Å²) < 4.78 is 0. The van der Waals surface area contributed by atoms with Crippen molar-refractivity contribution in [2.75, 3.05) is 5.32 Å². The molecule has 0 aliphatic carbocycles. The van der Waals surface area contributed by atoms with E-state index in [1.807, 2.05) is 43.3 Å². The summed E-state index contributed by atoms with van der Waals surface area (Å²) in [6.45, 7) is 4.10. The predicted octanol–water partition coefficient (Wildman–Crippen LogP) is 4.28. The molecule has 2 aromatic rings. The van der Waals surface area contributed by atoms with Crippen LogP contribution in [0, 0.1) is 13.8 Å². The van der Waals surface area contributed by atoms with Crippen LogP contribution in [0.25, 0.3) is 0 Å². The van der Waals surface area contributed by atoms with E-state index in [0.29, 0.717) is 10.1 Å². The van der Waals surface area contributed by atoms with E-state index in [4.69, 9.17) is 23.8 Å². The van der Waals surface area contributed by atoms with E-state index in [1.54, 1.807) is 6.21 Å². The summed E-state index contributed by atoms with van der Waals surface area (Å²) >= 11 is 11.0. The third kappa shape index (κ3) is 4.85. The molecule has 3 nitrogen and oxygen atoms in total. The number of benzene rings is 2. The van der Waals surface area contributed by atoms with Crippen LogP contribution in [0.3, 0.4) is 0 Å². The number of nitrogens with one attached hydrogen (secondary N) is 2. The van der Waals surface area contributed by atoms with E-state index >= 15 is 0 Å².